The maximum atomic E-state index is 12.3. The Bertz CT molecular complexity index is 505. The second kappa shape index (κ2) is 6.98. The van der Waals surface area contributed by atoms with Crippen LogP contribution in [0.15, 0.2) is 30.0 Å². The van der Waals surface area contributed by atoms with E-state index in [9.17, 15) is 4.79 Å². The average Bonchev–Trinajstić information content (AvgIpc) is 2.50. The normalized spacial score (nSPS) is 14.2. The first-order chi connectivity index (χ1) is 9.76. The van der Waals surface area contributed by atoms with Gasteiger partial charge >= 0.3 is 0 Å². The predicted molar refractivity (Wildman–Crippen MR) is 76.4 cm³/mol. The van der Waals surface area contributed by atoms with E-state index in [0.717, 1.165) is 12.8 Å². The van der Waals surface area contributed by atoms with Crippen LogP contribution in [0.5, 0.6) is 11.5 Å². The molecule has 1 aromatic carbocycles. The summed E-state index contributed by atoms with van der Waals surface area (Å²) < 4.78 is 16.4. The number of rotatable bonds is 6. The molecule has 0 aromatic heterocycles. The highest BCUT2D eigenvalue weighted by Crippen LogP contribution is 2.29. The fraction of sp³-hybridized carbons (Fsp3) is 0.438. The van der Waals surface area contributed by atoms with E-state index in [4.69, 9.17) is 14.2 Å². The van der Waals surface area contributed by atoms with Crippen molar-refractivity contribution in [1.29, 1.82) is 0 Å². The van der Waals surface area contributed by atoms with Crippen LogP contribution in [0, 0.1) is 0 Å². The third-order valence-corrected chi connectivity index (χ3v) is 2.97. The maximum absolute atomic E-state index is 12.3. The van der Waals surface area contributed by atoms with Crippen molar-refractivity contribution in [1.82, 2.24) is 0 Å². The van der Waals surface area contributed by atoms with E-state index in [1.807, 2.05) is 19.9 Å². The number of carbonyl (C=O) groups excluding carboxylic acids is 1. The van der Waals surface area contributed by atoms with Crippen LogP contribution in [0.2, 0.25) is 0 Å². The number of benzene rings is 1. The lowest BCUT2D eigenvalue weighted by Gasteiger charge is -2.15. The molecule has 1 aromatic rings. The first-order valence-electron chi connectivity index (χ1n) is 7.03. The van der Waals surface area contributed by atoms with Crippen LogP contribution in [0.25, 0.3) is 0 Å². The minimum atomic E-state index is -0.103. The summed E-state index contributed by atoms with van der Waals surface area (Å²) in [4.78, 5) is 12.3. The molecule has 0 aliphatic carbocycles. The summed E-state index contributed by atoms with van der Waals surface area (Å²) in [6.07, 6.45) is 3.70. The first-order valence-corrected chi connectivity index (χ1v) is 7.03. The van der Waals surface area contributed by atoms with Crippen molar-refractivity contribution in [3.8, 4) is 11.5 Å². The van der Waals surface area contributed by atoms with Crippen LogP contribution >= 0.6 is 0 Å². The van der Waals surface area contributed by atoms with E-state index in [0.29, 0.717) is 42.6 Å². The van der Waals surface area contributed by atoms with Gasteiger partial charge in [-0.15, -0.1) is 0 Å². The van der Waals surface area contributed by atoms with Gasteiger partial charge in [0.25, 0.3) is 0 Å². The van der Waals surface area contributed by atoms with Gasteiger partial charge in [0, 0.05) is 5.56 Å². The van der Waals surface area contributed by atoms with E-state index in [2.05, 4.69) is 0 Å². The van der Waals surface area contributed by atoms with Crippen molar-refractivity contribution < 1.29 is 19.0 Å². The Morgan fingerprint density at radius 1 is 1.20 bits per heavy atom. The Morgan fingerprint density at radius 2 is 1.95 bits per heavy atom. The smallest absolute Gasteiger partial charge is 0.227 e. The van der Waals surface area contributed by atoms with E-state index in [-0.39, 0.29) is 5.78 Å². The van der Waals surface area contributed by atoms with Gasteiger partial charge < -0.3 is 14.2 Å². The molecule has 108 valence electrons. The van der Waals surface area contributed by atoms with E-state index in [1.54, 1.807) is 18.2 Å². The maximum Gasteiger partial charge on any atom is 0.227 e. The summed E-state index contributed by atoms with van der Waals surface area (Å²) in [6.45, 7) is 5.50. The van der Waals surface area contributed by atoms with Crippen molar-refractivity contribution >= 4 is 5.78 Å². The first kappa shape index (κ1) is 14.4. The summed E-state index contributed by atoms with van der Waals surface area (Å²) in [5, 5.41) is 0. The van der Waals surface area contributed by atoms with Crippen molar-refractivity contribution in [2.45, 2.75) is 26.7 Å². The zero-order valence-electron chi connectivity index (χ0n) is 12.0. The molecule has 20 heavy (non-hydrogen) atoms. The van der Waals surface area contributed by atoms with Crippen molar-refractivity contribution in [2.75, 3.05) is 19.8 Å². The Hall–Kier alpha value is -1.97. The number of hydrogen-bond acceptors (Lipinski definition) is 4. The molecule has 1 aliphatic heterocycles. The largest absolute Gasteiger partial charge is 0.490 e. The van der Waals surface area contributed by atoms with Gasteiger partial charge in [-0.25, -0.2) is 0 Å². The minimum absolute atomic E-state index is 0.103. The van der Waals surface area contributed by atoms with Crippen LogP contribution in [0.4, 0.5) is 0 Å². The van der Waals surface area contributed by atoms with Gasteiger partial charge in [0.05, 0.1) is 19.8 Å². The molecule has 0 saturated carbocycles. The molecule has 0 fully saturated rings. The Kier molecular flexibility index (Phi) is 5.04. The molecule has 0 radical (unpaired) electrons. The Morgan fingerprint density at radius 3 is 2.60 bits per heavy atom. The minimum Gasteiger partial charge on any atom is -0.490 e. The molecule has 1 heterocycles. The van der Waals surface area contributed by atoms with Gasteiger partial charge in [-0.2, -0.15) is 0 Å². The summed E-state index contributed by atoms with van der Waals surface area (Å²) in [6, 6.07) is 5.23. The van der Waals surface area contributed by atoms with Crippen LogP contribution in [0.1, 0.15) is 37.0 Å². The second-order valence-electron chi connectivity index (χ2n) is 4.42. The molecule has 0 bridgehead atoms. The van der Waals surface area contributed by atoms with Gasteiger partial charge in [0.1, 0.15) is 0 Å². The molecular weight excluding hydrogens is 256 g/mol. The molecule has 4 nitrogen and oxygen atoms in total. The molecule has 0 amide bonds. The standard InChI is InChI=1S/C16H20O4/c1-3-18-13-9-8-12(11-15(13)19-4-2)16(17)14-7-5-6-10-20-14/h7-9,11H,3-6,10H2,1-2H3. The second-order valence-corrected chi connectivity index (χ2v) is 4.42. The fourth-order valence-electron chi connectivity index (χ4n) is 2.05. The van der Waals surface area contributed by atoms with Crippen molar-refractivity contribution in [3.63, 3.8) is 0 Å². The van der Waals surface area contributed by atoms with E-state index >= 15 is 0 Å². The SMILES string of the molecule is CCOc1ccc(C(=O)C2=CCCCO2)cc1OCC. The third kappa shape index (κ3) is 3.32. The van der Waals surface area contributed by atoms with Crippen LogP contribution in [-0.4, -0.2) is 25.6 Å². The lowest BCUT2D eigenvalue weighted by atomic mass is 10.1. The number of hydrogen-bond donors (Lipinski definition) is 0. The number of Topliss-reactive ketones (excluding diaryl/α,β-unsaturated/α-hetero) is 1. The molecule has 1 aliphatic rings. The highest BCUT2D eigenvalue weighted by Gasteiger charge is 2.18. The van der Waals surface area contributed by atoms with Crippen molar-refractivity contribution in [2.24, 2.45) is 0 Å². The highest BCUT2D eigenvalue weighted by molar-refractivity contribution is 6.07. The molecule has 4 heteroatoms. The lowest BCUT2D eigenvalue weighted by Crippen LogP contribution is -2.11. The quantitative estimate of drug-likeness (QED) is 0.747. The van der Waals surface area contributed by atoms with Gasteiger partial charge in [-0.1, -0.05) is 0 Å². The Balaban J connectivity index is 2.25. The zero-order chi connectivity index (χ0) is 14.4. The Labute approximate surface area is 119 Å². The van der Waals surface area contributed by atoms with Gasteiger partial charge in [-0.05, 0) is 51.0 Å². The molecule has 0 spiro atoms. The molecule has 0 atom stereocenters. The monoisotopic (exact) mass is 276 g/mol. The lowest BCUT2D eigenvalue weighted by molar-refractivity contribution is 0.0898. The average molecular weight is 276 g/mol. The van der Waals surface area contributed by atoms with Gasteiger partial charge in [0.15, 0.2) is 17.3 Å². The van der Waals surface area contributed by atoms with E-state index < -0.39 is 0 Å². The van der Waals surface area contributed by atoms with Crippen LogP contribution in [0.3, 0.4) is 0 Å². The van der Waals surface area contributed by atoms with E-state index in [1.165, 1.54) is 0 Å². The molecule has 0 saturated heterocycles. The van der Waals surface area contributed by atoms with Crippen LogP contribution < -0.4 is 9.47 Å². The number of carbonyl (C=O) groups is 1. The molecular formula is C16H20O4. The molecule has 2 rings (SSSR count). The van der Waals surface area contributed by atoms with Crippen LogP contribution in [-0.2, 0) is 4.74 Å². The number of ketones is 1. The summed E-state index contributed by atoms with van der Waals surface area (Å²) in [5.41, 5.74) is 0.560. The van der Waals surface area contributed by atoms with Gasteiger partial charge in [-0.3, -0.25) is 4.79 Å². The number of ether oxygens (including phenoxy) is 3. The highest BCUT2D eigenvalue weighted by atomic mass is 16.5. The zero-order valence-corrected chi connectivity index (χ0v) is 12.0. The number of allylic oxidation sites excluding steroid dienone is 2. The third-order valence-electron chi connectivity index (χ3n) is 2.97. The van der Waals surface area contributed by atoms with Gasteiger partial charge in [0.2, 0.25) is 5.78 Å². The topological polar surface area (TPSA) is 44.8 Å². The summed E-state index contributed by atoms with van der Waals surface area (Å²) >= 11 is 0. The summed E-state index contributed by atoms with van der Waals surface area (Å²) in [7, 11) is 0. The van der Waals surface area contributed by atoms with Crippen molar-refractivity contribution in [3.05, 3.63) is 35.6 Å². The summed E-state index contributed by atoms with van der Waals surface area (Å²) in [5.74, 6) is 1.58. The predicted octanol–water partition coefficient (Wildman–Crippen LogP) is 3.36. The molecule has 0 unspecified atom stereocenters. The molecule has 0 N–H and O–H groups in total. The fourth-order valence-corrected chi connectivity index (χ4v) is 2.05.